The summed E-state index contributed by atoms with van der Waals surface area (Å²) in [4.78, 5) is 2.19. The minimum absolute atomic E-state index is 0.340. The molecule has 0 unspecified atom stereocenters. The highest BCUT2D eigenvalue weighted by Crippen LogP contribution is 2.22. The van der Waals surface area contributed by atoms with Crippen LogP contribution in [0.4, 0.5) is 0 Å². The highest BCUT2D eigenvalue weighted by molar-refractivity contribution is 5.34. The molecule has 0 aliphatic heterocycles. The minimum Gasteiger partial charge on any atom is -0.423 e. The molecule has 1 heterocycles. The van der Waals surface area contributed by atoms with E-state index in [1.165, 1.54) is 0 Å². The monoisotopic (exact) mass is 352 g/mol. The van der Waals surface area contributed by atoms with Crippen LogP contribution in [0.2, 0.25) is 0 Å². The van der Waals surface area contributed by atoms with Gasteiger partial charge in [-0.15, -0.1) is 0 Å². The van der Waals surface area contributed by atoms with Gasteiger partial charge in [0.2, 0.25) is 0 Å². The first-order valence-corrected chi connectivity index (χ1v) is 8.68. The average Bonchev–Trinajstić information content (AvgIpc) is 3.10. The topological polar surface area (TPSA) is 68.1 Å². The molecule has 1 aromatic heterocycles. The first kappa shape index (κ1) is 18.0. The molecule has 0 saturated carbocycles. The molecular formula is C19H24N6O. The van der Waals surface area contributed by atoms with Crippen molar-refractivity contribution in [1.82, 2.24) is 30.4 Å². The van der Waals surface area contributed by atoms with Gasteiger partial charge in [-0.3, -0.25) is 0 Å². The largest absolute Gasteiger partial charge is 0.423 e. The number of nitrogens with zero attached hydrogens (tertiary/aromatic N) is 5. The SMILES string of the molecule is CN(C)CCCNCc1cccc(Oc2nnnn2-c2ccccc2)c1. The van der Waals surface area contributed by atoms with Gasteiger partial charge in [0.05, 0.1) is 5.69 Å². The summed E-state index contributed by atoms with van der Waals surface area (Å²) >= 11 is 0. The van der Waals surface area contributed by atoms with Gasteiger partial charge in [0, 0.05) is 6.54 Å². The molecule has 0 saturated heterocycles. The molecule has 1 N–H and O–H groups in total. The van der Waals surface area contributed by atoms with E-state index in [4.69, 9.17) is 4.74 Å². The second kappa shape index (κ2) is 9.07. The summed E-state index contributed by atoms with van der Waals surface area (Å²) in [5.74, 6) is 0.713. The third kappa shape index (κ3) is 5.11. The highest BCUT2D eigenvalue weighted by atomic mass is 16.5. The third-order valence-corrected chi connectivity index (χ3v) is 3.84. The van der Waals surface area contributed by atoms with E-state index in [9.17, 15) is 0 Å². The van der Waals surface area contributed by atoms with Crippen molar-refractivity contribution >= 4 is 0 Å². The van der Waals surface area contributed by atoms with Crippen LogP contribution in [-0.4, -0.2) is 52.3 Å². The Kier molecular flexibility index (Phi) is 6.29. The summed E-state index contributed by atoms with van der Waals surface area (Å²) in [6, 6.07) is 18.0. The lowest BCUT2D eigenvalue weighted by atomic mass is 10.2. The third-order valence-electron chi connectivity index (χ3n) is 3.84. The molecule has 7 nitrogen and oxygen atoms in total. The summed E-state index contributed by atoms with van der Waals surface area (Å²) < 4.78 is 7.47. The summed E-state index contributed by atoms with van der Waals surface area (Å²) in [5, 5.41) is 15.2. The van der Waals surface area contributed by atoms with Crippen LogP contribution >= 0.6 is 0 Å². The smallest absolute Gasteiger partial charge is 0.345 e. The van der Waals surface area contributed by atoms with Crippen LogP contribution in [0.3, 0.4) is 0 Å². The molecule has 0 spiro atoms. The number of ether oxygens (including phenoxy) is 1. The summed E-state index contributed by atoms with van der Waals surface area (Å²) in [7, 11) is 4.17. The van der Waals surface area contributed by atoms with Gasteiger partial charge in [-0.1, -0.05) is 35.4 Å². The van der Waals surface area contributed by atoms with Crippen molar-refractivity contribution in [2.45, 2.75) is 13.0 Å². The number of hydrogen-bond donors (Lipinski definition) is 1. The summed E-state index contributed by atoms with van der Waals surface area (Å²) in [6.45, 7) is 2.86. The standard InChI is InChI=1S/C19H24N6O/c1-24(2)13-7-12-20-15-16-8-6-11-18(14-16)26-19-21-22-23-25(19)17-9-4-3-5-10-17/h3-6,8-11,14,20H,7,12-13,15H2,1-2H3. The Bertz CT molecular complexity index is 803. The molecule has 7 heteroatoms. The van der Waals surface area contributed by atoms with Crippen LogP contribution in [0, 0.1) is 0 Å². The molecular weight excluding hydrogens is 328 g/mol. The van der Waals surface area contributed by atoms with E-state index in [1.54, 1.807) is 4.68 Å². The van der Waals surface area contributed by atoms with Crippen molar-refractivity contribution < 1.29 is 4.74 Å². The van der Waals surface area contributed by atoms with Gasteiger partial charge >= 0.3 is 6.01 Å². The number of rotatable bonds is 9. The van der Waals surface area contributed by atoms with Crippen molar-refractivity contribution in [3.63, 3.8) is 0 Å². The fourth-order valence-electron chi connectivity index (χ4n) is 2.55. The molecule has 0 radical (unpaired) electrons. The maximum absolute atomic E-state index is 5.90. The lowest BCUT2D eigenvalue weighted by Gasteiger charge is -2.10. The Balaban J connectivity index is 1.60. The van der Waals surface area contributed by atoms with E-state index in [0.29, 0.717) is 11.8 Å². The van der Waals surface area contributed by atoms with Gasteiger partial charge in [-0.2, -0.15) is 4.68 Å². The predicted molar refractivity (Wildman–Crippen MR) is 101 cm³/mol. The average molecular weight is 352 g/mol. The van der Waals surface area contributed by atoms with E-state index in [1.807, 2.05) is 48.5 Å². The Labute approximate surface area is 153 Å². The van der Waals surface area contributed by atoms with Crippen molar-refractivity contribution in [2.75, 3.05) is 27.2 Å². The zero-order valence-electron chi connectivity index (χ0n) is 15.2. The van der Waals surface area contributed by atoms with Crippen LogP contribution in [0.15, 0.2) is 54.6 Å². The second-order valence-corrected chi connectivity index (χ2v) is 6.29. The second-order valence-electron chi connectivity index (χ2n) is 6.29. The molecule has 3 rings (SSSR count). The molecule has 26 heavy (non-hydrogen) atoms. The maximum Gasteiger partial charge on any atom is 0.345 e. The molecule has 0 atom stereocenters. The first-order valence-electron chi connectivity index (χ1n) is 8.68. The van der Waals surface area contributed by atoms with E-state index in [0.717, 1.165) is 37.3 Å². The van der Waals surface area contributed by atoms with Crippen LogP contribution in [-0.2, 0) is 6.54 Å². The van der Waals surface area contributed by atoms with Gasteiger partial charge in [-0.05, 0) is 73.9 Å². The minimum atomic E-state index is 0.340. The van der Waals surface area contributed by atoms with Gasteiger partial charge < -0.3 is 15.0 Å². The van der Waals surface area contributed by atoms with Crippen LogP contribution < -0.4 is 10.1 Å². The number of tetrazole rings is 1. The molecule has 136 valence electrons. The van der Waals surface area contributed by atoms with E-state index in [-0.39, 0.29) is 0 Å². The molecule has 0 bridgehead atoms. The normalized spacial score (nSPS) is 11.0. The maximum atomic E-state index is 5.90. The molecule has 0 fully saturated rings. The number of benzene rings is 2. The first-order chi connectivity index (χ1) is 12.7. The number of nitrogens with one attached hydrogen (secondary N) is 1. The summed E-state index contributed by atoms with van der Waals surface area (Å²) in [5.41, 5.74) is 2.01. The zero-order valence-corrected chi connectivity index (χ0v) is 15.2. The fourth-order valence-corrected chi connectivity index (χ4v) is 2.55. The zero-order chi connectivity index (χ0) is 18.2. The quantitative estimate of drug-likeness (QED) is 0.597. The summed E-state index contributed by atoms with van der Waals surface area (Å²) in [6.07, 6.45) is 1.12. The van der Waals surface area contributed by atoms with Crippen molar-refractivity contribution in [1.29, 1.82) is 0 Å². The van der Waals surface area contributed by atoms with Gasteiger partial charge in [-0.25, -0.2) is 0 Å². The number of aromatic nitrogens is 4. The lowest BCUT2D eigenvalue weighted by molar-refractivity contribution is 0.394. The molecule has 0 amide bonds. The van der Waals surface area contributed by atoms with Crippen molar-refractivity contribution in [2.24, 2.45) is 0 Å². The Morgan fingerprint density at radius 1 is 1.08 bits per heavy atom. The Morgan fingerprint density at radius 3 is 2.73 bits per heavy atom. The van der Waals surface area contributed by atoms with Crippen molar-refractivity contribution in [3.05, 3.63) is 60.2 Å². The number of para-hydroxylation sites is 1. The van der Waals surface area contributed by atoms with Crippen LogP contribution in [0.25, 0.3) is 5.69 Å². The van der Waals surface area contributed by atoms with Crippen molar-refractivity contribution in [3.8, 4) is 17.4 Å². The molecule has 0 aliphatic carbocycles. The fraction of sp³-hybridized carbons (Fsp3) is 0.316. The van der Waals surface area contributed by atoms with E-state index >= 15 is 0 Å². The van der Waals surface area contributed by atoms with Gasteiger partial charge in [0.1, 0.15) is 5.75 Å². The molecule has 2 aromatic carbocycles. The Hall–Kier alpha value is -2.77. The molecule has 3 aromatic rings. The number of hydrogen-bond acceptors (Lipinski definition) is 6. The van der Waals surface area contributed by atoms with Gasteiger partial charge in [0.25, 0.3) is 0 Å². The predicted octanol–water partition coefficient (Wildman–Crippen LogP) is 2.50. The van der Waals surface area contributed by atoms with Crippen LogP contribution in [0.5, 0.6) is 11.8 Å². The Morgan fingerprint density at radius 2 is 1.92 bits per heavy atom. The lowest BCUT2D eigenvalue weighted by Crippen LogP contribution is -2.20. The van der Waals surface area contributed by atoms with E-state index < -0.39 is 0 Å². The van der Waals surface area contributed by atoms with E-state index in [2.05, 4.69) is 45.9 Å². The molecule has 0 aliphatic rings. The van der Waals surface area contributed by atoms with Gasteiger partial charge in [0.15, 0.2) is 0 Å². The van der Waals surface area contributed by atoms with Crippen LogP contribution in [0.1, 0.15) is 12.0 Å². The highest BCUT2D eigenvalue weighted by Gasteiger charge is 2.10.